The average Bonchev–Trinajstić information content (AvgIpc) is 1.96. The van der Waals surface area contributed by atoms with E-state index in [1.807, 2.05) is 37.3 Å². The maximum atomic E-state index is 14.1. The van der Waals surface area contributed by atoms with Gasteiger partial charge in [-0.25, -0.2) is 9.59 Å². The topological polar surface area (TPSA) is 329 Å². The number of benzene rings is 2. The number of carboxylic acids is 1. The number of carboxylic acid groups (broad SMARTS) is 1. The summed E-state index contributed by atoms with van der Waals surface area (Å²) in [5, 5.41) is 42.3. The SMILES string of the molecule is C[C@]12C=CC(=O)C=C1CC[C@@H]1[C@@H]2[C@@H](O)C[C@@]2(C)[C@H]1C[C@H]1OC(c3ccc(CC45CCC(NC(=O)OCc6ccc(NC(=O)[C@H](CCC(=O)O)NC(=O)CNC(=O)CCC(=O)ON7C(=O)C=CC7=O)cc6)(CC4)CO5)cc3)O[C@]12C(=O)CO. The Kier molecular flexibility index (Phi) is 16.0. The van der Waals surface area contributed by atoms with Gasteiger partial charge in [-0.2, -0.15) is 0 Å². The van der Waals surface area contributed by atoms with Crippen molar-refractivity contribution < 1.29 is 87.0 Å². The van der Waals surface area contributed by atoms with Gasteiger partial charge < -0.3 is 60.4 Å². The van der Waals surface area contributed by atoms with E-state index >= 15 is 0 Å². The first-order valence-corrected chi connectivity index (χ1v) is 27.8. The average molecular weight is 1130 g/mol. The number of hydrogen-bond donors (Lipinski definition) is 7. The van der Waals surface area contributed by atoms with Crippen LogP contribution in [0.25, 0.3) is 0 Å². The molecule has 4 aliphatic heterocycles. The zero-order chi connectivity index (χ0) is 58.4. The van der Waals surface area contributed by atoms with Crippen LogP contribution in [0.5, 0.6) is 0 Å². The Labute approximate surface area is 471 Å². The first kappa shape index (κ1) is 57.8. The minimum Gasteiger partial charge on any atom is -0.481 e. The summed E-state index contributed by atoms with van der Waals surface area (Å²) >= 11 is 0. The molecule has 7 N–H and O–H groups in total. The van der Waals surface area contributed by atoms with Gasteiger partial charge in [-0.3, -0.25) is 38.4 Å². The number of aliphatic hydroxyl groups excluding tert-OH is 2. The highest BCUT2D eigenvalue weighted by atomic mass is 16.7. The van der Waals surface area contributed by atoms with Crippen molar-refractivity contribution in [2.75, 3.05) is 25.1 Å². The summed E-state index contributed by atoms with van der Waals surface area (Å²) in [4.78, 5) is 129. The maximum Gasteiger partial charge on any atom is 0.407 e. The van der Waals surface area contributed by atoms with Gasteiger partial charge in [-0.1, -0.05) is 67.0 Å². The number of Topliss-reactive ketones (excluding diaryl/α,β-unsaturated/α-hetero) is 1. The highest BCUT2D eigenvalue weighted by Gasteiger charge is 2.76. The van der Waals surface area contributed by atoms with E-state index in [1.54, 1.807) is 24.3 Å². The number of imide groups is 1. The zero-order valence-corrected chi connectivity index (χ0v) is 45.5. The highest BCUT2D eigenvalue weighted by molar-refractivity contribution is 6.12. The number of ketones is 2. The van der Waals surface area contributed by atoms with Gasteiger partial charge in [-0.15, -0.1) is 0 Å². The first-order chi connectivity index (χ1) is 39.1. The molecule has 0 radical (unpaired) electrons. The standard InChI is InChI=1S/C59H67N5O18/c1-55-20-19-38(66)25-36(55)9-12-39-40-26-44-59(43(68)30-65,56(40,2)28-42(67)51(39)55)81-53(80-44)35-7-3-33(4-8-35)27-58-23-21-57(22-24-58,32-79-58)63-54(77)78-31-34-5-10-37(11-6-34)61-52(76)41(13-17-49(73)74)62-46(70)29-60-45(69)14-18-50(75)82-64-47(71)15-16-48(64)72/h3-8,10-11,15-16,19-20,25,39-42,44,51,53,65,67H,9,12-14,17-18,21-24,26-32H2,1-2H3,(H,60,69)(H,61,76)(H,62,70)(H,63,77)(H,73,74)/t39-,40-,41-,42-,44+,51+,53?,55-,56-,57?,58?,59+/m0/s1. The second-order valence-corrected chi connectivity index (χ2v) is 23.5. The van der Waals surface area contributed by atoms with Crippen molar-refractivity contribution in [1.82, 2.24) is 21.0 Å². The third kappa shape index (κ3) is 11.1. The van der Waals surface area contributed by atoms with E-state index in [4.69, 9.17) is 18.9 Å². The molecule has 9 aliphatic rings. The summed E-state index contributed by atoms with van der Waals surface area (Å²) in [5.41, 5.74) is -0.129. The lowest BCUT2D eigenvalue weighted by molar-refractivity contribution is -0.201. The number of carbonyl (C=O) groups is 10. The van der Waals surface area contributed by atoms with Gasteiger partial charge in [0.25, 0.3) is 11.8 Å². The van der Waals surface area contributed by atoms with Crippen LogP contribution in [0, 0.1) is 28.6 Å². The normalized spacial score (nSPS) is 32.3. The van der Waals surface area contributed by atoms with E-state index in [0.29, 0.717) is 49.8 Å². The van der Waals surface area contributed by atoms with Crippen molar-refractivity contribution in [3.05, 3.63) is 101 Å². The molecule has 1 unspecified atom stereocenters. The molecule has 23 heteroatoms. The van der Waals surface area contributed by atoms with Crippen LogP contribution in [0.2, 0.25) is 0 Å². The Bertz CT molecular complexity index is 3010. The third-order valence-corrected chi connectivity index (χ3v) is 18.6. The van der Waals surface area contributed by atoms with Crippen LogP contribution in [0.4, 0.5) is 10.5 Å². The summed E-state index contributed by atoms with van der Waals surface area (Å²) in [6, 6.07) is 12.9. The quantitative estimate of drug-likeness (QED) is 0.0934. The van der Waals surface area contributed by atoms with Crippen molar-refractivity contribution in [1.29, 1.82) is 0 Å². The number of aliphatic carboxylic acids is 1. The predicted molar refractivity (Wildman–Crippen MR) is 283 cm³/mol. The number of fused-ring (bicyclic) bond motifs is 10. The molecular formula is C59H67N5O18. The van der Waals surface area contributed by atoms with E-state index in [-0.39, 0.29) is 54.7 Å². The molecule has 436 valence electrons. The molecule has 2 aromatic rings. The minimum absolute atomic E-state index is 0.0193. The molecule has 2 aromatic carbocycles. The van der Waals surface area contributed by atoms with Gasteiger partial charge in [0.05, 0.1) is 42.9 Å². The number of amides is 6. The molecule has 0 spiro atoms. The fourth-order valence-electron chi connectivity index (χ4n) is 14.4. The Morgan fingerprint density at radius 1 is 0.866 bits per heavy atom. The highest BCUT2D eigenvalue weighted by Crippen LogP contribution is 2.70. The summed E-state index contributed by atoms with van der Waals surface area (Å²) < 4.78 is 25.6. The second-order valence-electron chi connectivity index (χ2n) is 23.5. The molecule has 11 rings (SSSR count). The smallest absolute Gasteiger partial charge is 0.407 e. The molecule has 3 saturated heterocycles. The van der Waals surface area contributed by atoms with Crippen LogP contribution < -0.4 is 21.3 Å². The third-order valence-electron chi connectivity index (χ3n) is 18.6. The Morgan fingerprint density at radius 3 is 2.24 bits per heavy atom. The van der Waals surface area contributed by atoms with Gasteiger partial charge in [0.15, 0.2) is 23.5 Å². The van der Waals surface area contributed by atoms with Crippen molar-refractivity contribution in [2.24, 2.45) is 28.6 Å². The van der Waals surface area contributed by atoms with Gasteiger partial charge in [0, 0.05) is 59.4 Å². The number of alkyl carbamates (subject to hydrolysis) is 1. The van der Waals surface area contributed by atoms with Crippen LogP contribution in [0.1, 0.15) is 114 Å². The molecule has 4 saturated carbocycles. The van der Waals surface area contributed by atoms with Crippen LogP contribution >= 0.6 is 0 Å². The van der Waals surface area contributed by atoms with E-state index in [1.165, 1.54) is 12.1 Å². The number of hydrogen-bond acceptors (Lipinski definition) is 17. The monoisotopic (exact) mass is 1130 g/mol. The number of ether oxygens (including phenoxy) is 4. The summed E-state index contributed by atoms with van der Waals surface area (Å²) in [7, 11) is 0. The number of carbonyl (C=O) groups excluding carboxylic acids is 9. The number of nitrogens with one attached hydrogen (secondary N) is 4. The summed E-state index contributed by atoms with van der Waals surface area (Å²) in [5.74, 6) is -6.90. The molecule has 4 heterocycles. The Balaban J connectivity index is 0.665. The fraction of sp³-hybridized carbons (Fsp3) is 0.525. The van der Waals surface area contributed by atoms with Crippen LogP contribution in [0.3, 0.4) is 0 Å². The Hall–Kier alpha value is -7.44. The number of anilines is 1. The Morgan fingerprint density at radius 2 is 1.57 bits per heavy atom. The summed E-state index contributed by atoms with van der Waals surface area (Å²) in [6.45, 7) is 2.97. The van der Waals surface area contributed by atoms with Crippen molar-refractivity contribution in [3.8, 4) is 0 Å². The lowest BCUT2D eigenvalue weighted by Crippen LogP contribution is -2.63. The minimum atomic E-state index is -1.46. The number of aliphatic hydroxyl groups is 2. The molecule has 10 atom stereocenters. The van der Waals surface area contributed by atoms with Gasteiger partial charge in [0.2, 0.25) is 17.7 Å². The molecule has 23 nitrogen and oxygen atoms in total. The maximum absolute atomic E-state index is 14.1. The number of rotatable bonds is 20. The lowest BCUT2D eigenvalue weighted by atomic mass is 9.46. The van der Waals surface area contributed by atoms with Crippen LogP contribution in [-0.2, 0) is 80.0 Å². The van der Waals surface area contributed by atoms with E-state index < -0.39 is 138 Å². The van der Waals surface area contributed by atoms with Gasteiger partial charge >= 0.3 is 18.0 Å². The molecule has 7 fully saturated rings. The van der Waals surface area contributed by atoms with Gasteiger partial charge in [0.1, 0.15) is 19.3 Å². The fourth-order valence-corrected chi connectivity index (χ4v) is 14.4. The van der Waals surface area contributed by atoms with Gasteiger partial charge in [-0.05, 0) is 105 Å². The molecule has 6 amide bonds. The van der Waals surface area contributed by atoms with Crippen molar-refractivity contribution in [3.63, 3.8) is 0 Å². The molecule has 2 bridgehead atoms. The predicted octanol–water partition coefficient (Wildman–Crippen LogP) is 3.41. The van der Waals surface area contributed by atoms with Crippen LogP contribution in [0.15, 0.2) is 84.5 Å². The molecular weight excluding hydrogens is 1070 g/mol. The zero-order valence-electron chi connectivity index (χ0n) is 45.5. The lowest BCUT2D eigenvalue weighted by Gasteiger charge is -2.59. The molecule has 82 heavy (non-hydrogen) atoms. The second kappa shape index (κ2) is 22.7. The van der Waals surface area contributed by atoms with Crippen molar-refractivity contribution in [2.45, 2.75) is 145 Å². The largest absolute Gasteiger partial charge is 0.481 e. The van der Waals surface area contributed by atoms with Crippen molar-refractivity contribution >= 4 is 64.8 Å². The first-order valence-electron chi connectivity index (χ1n) is 27.8. The summed E-state index contributed by atoms with van der Waals surface area (Å²) in [6.07, 6.45) is 8.11. The van der Waals surface area contributed by atoms with Crippen LogP contribution in [-0.4, -0.2) is 134 Å². The molecule has 5 aliphatic carbocycles. The van der Waals surface area contributed by atoms with E-state index in [0.717, 1.165) is 41.7 Å². The van der Waals surface area contributed by atoms with E-state index in [2.05, 4.69) is 33.0 Å². The van der Waals surface area contributed by atoms with E-state index in [9.17, 15) is 63.3 Å². The number of nitrogens with zero attached hydrogens (tertiary/aromatic N) is 1. The number of hydroxylamine groups is 2. The molecule has 0 aromatic heterocycles. The number of allylic oxidation sites excluding steroid dienone is 4.